The topological polar surface area (TPSA) is 100 Å². The van der Waals surface area contributed by atoms with Crippen molar-refractivity contribution in [3.05, 3.63) is 59.7 Å². The van der Waals surface area contributed by atoms with Gasteiger partial charge < -0.3 is 30.1 Å². The second kappa shape index (κ2) is 10.5. The maximum Gasteiger partial charge on any atom is 0.238 e. The smallest absolute Gasteiger partial charge is 0.238 e. The van der Waals surface area contributed by atoms with Crippen LogP contribution in [-0.2, 0) is 14.3 Å². The van der Waals surface area contributed by atoms with Crippen molar-refractivity contribution in [2.45, 2.75) is 50.0 Å². The van der Waals surface area contributed by atoms with Gasteiger partial charge in [0.2, 0.25) is 11.8 Å². The van der Waals surface area contributed by atoms with E-state index in [0.29, 0.717) is 18.7 Å². The minimum Gasteiger partial charge on any atom is -0.487 e. The summed E-state index contributed by atoms with van der Waals surface area (Å²) in [6, 6.07) is 15.3. The summed E-state index contributed by atoms with van der Waals surface area (Å²) in [7, 11) is 3.68. The van der Waals surface area contributed by atoms with E-state index in [0.717, 1.165) is 16.9 Å². The van der Waals surface area contributed by atoms with Gasteiger partial charge in [0.15, 0.2) is 0 Å². The lowest BCUT2D eigenvalue weighted by molar-refractivity contribution is -0.142. The van der Waals surface area contributed by atoms with Crippen LogP contribution in [-0.4, -0.2) is 67.4 Å². The van der Waals surface area contributed by atoms with Gasteiger partial charge in [-0.2, -0.15) is 0 Å². The number of anilines is 1. The molecule has 34 heavy (non-hydrogen) atoms. The van der Waals surface area contributed by atoms with Crippen LogP contribution in [0.3, 0.4) is 0 Å². The van der Waals surface area contributed by atoms with E-state index in [4.69, 9.17) is 9.47 Å². The van der Waals surface area contributed by atoms with Gasteiger partial charge in [0.25, 0.3) is 0 Å². The number of nitrogens with one attached hydrogen (secondary N) is 2. The monoisotopic (exact) mass is 467 g/mol. The van der Waals surface area contributed by atoms with Crippen molar-refractivity contribution >= 4 is 17.5 Å². The van der Waals surface area contributed by atoms with Crippen LogP contribution in [0.5, 0.6) is 5.75 Å². The molecule has 0 aliphatic carbocycles. The van der Waals surface area contributed by atoms with E-state index in [1.165, 1.54) is 0 Å². The van der Waals surface area contributed by atoms with E-state index in [1.54, 1.807) is 4.90 Å². The van der Waals surface area contributed by atoms with Crippen LogP contribution in [0.25, 0.3) is 0 Å². The average molecular weight is 468 g/mol. The van der Waals surface area contributed by atoms with Gasteiger partial charge in [0.05, 0.1) is 31.7 Å². The molecule has 0 bridgehead atoms. The minimum absolute atomic E-state index is 0.0315. The average Bonchev–Trinajstić information content (AvgIpc) is 3.16. The molecule has 2 aliphatic rings. The third-order valence-corrected chi connectivity index (χ3v) is 6.33. The molecule has 8 heteroatoms. The summed E-state index contributed by atoms with van der Waals surface area (Å²) in [5, 5.41) is 15.9. The number of likely N-dealkylation sites (N-methyl/N-ethyl adjacent to an activating group) is 1. The molecule has 2 amide bonds. The fourth-order valence-electron chi connectivity index (χ4n) is 4.79. The molecule has 4 rings (SSSR count). The Labute approximate surface area is 200 Å². The lowest BCUT2D eigenvalue weighted by Crippen LogP contribution is -2.47. The minimum atomic E-state index is -0.526. The standard InChI is InChI=1S/C26H33N3O5/c1-16(17-7-5-4-6-8-17)27-24(31)13-19-12-21-20-11-18(28-25(32)14-29(2)3)9-10-22(20)34-26(21)23(15-30)33-19/h4-11,16,19,21,23,26,30H,12-15H2,1-3H3,(H,27,31)(H,28,32)/t16-,19+,21+,23+,26-/m0/s1. The fourth-order valence-corrected chi connectivity index (χ4v) is 4.79. The molecule has 182 valence electrons. The number of amides is 2. The summed E-state index contributed by atoms with van der Waals surface area (Å²) in [6.45, 7) is 2.05. The summed E-state index contributed by atoms with van der Waals surface area (Å²) in [6.07, 6.45) is -0.400. The van der Waals surface area contributed by atoms with E-state index < -0.39 is 6.10 Å². The van der Waals surface area contributed by atoms with Gasteiger partial charge in [0, 0.05) is 17.2 Å². The number of carbonyl (C=O) groups is 2. The lowest BCUT2D eigenvalue weighted by atomic mass is 9.84. The Balaban J connectivity index is 1.43. The molecule has 2 aromatic carbocycles. The number of hydrogen-bond donors (Lipinski definition) is 3. The molecule has 0 aromatic heterocycles. The van der Waals surface area contributed by atoms with Crippen LogP contribution in [0.15, 0.2) is 48.5 Å². The quantitative estimate of drug-likeness (QED) is 0.552. The second-order valence-corrected chi connectivity index (χ2v) is 9.35. The zero-order valence-corrected chi connectivity index (χ0v) is 19.9. The van der Waals surface area contributed by atoms with Gasteiger partial charge in [-0.25, -0.2) is 0 Å². The van der Waals surface area contributed by atoms with Crippen molar-refractivity contribution in [2.24, 2.45) is 0 Å². The number of hydrogen-bond acceptors (Lipinski definition) is 6. The van der Waals surface area contributed by atoms with Crippen molar-refractivity contribution < 1.29 is 24.2 Å². The van der Waals surface area contributed by atoms with Crippen LogP contribution in [0.4, 0.5) is 5.69 Å². The molecule has 0 unspecified atom stereocenters. The highest BCUT2D eigenvalue weighted by Gasteiger charge is 2.46. The van der Waals surface area contributed by atoms with E-state index in [9.17, 15) is 14.7 Å². The first kappa shape index (κ1) is 24.2. The number of aliphatic hydroxyl groups is 1. The number of ether oxygens (including phenoxy) is 2. The third-order valence-electron chi connectivity index (χ3n) is 6.33. The summed E-state index contributed by atoms with van der Waals surface area (Å²) in [4.78, 5) is 26.7. The largest absolute Gasteiger partial charge is 0.487 e. The summed E-state index contributed by atoms with van der Waals surface area (Å²) in [5.41, 5.74) is 2.71. The third kappa shape index (κ3) is 5.58. The number of rotatable bonds is 8. The van der Waals surface area contributed by atoms with Crippen molar-refractivity contribution in [2.75, 3.05) is 32.6 Å². The highest BCUT2D eigenvalue weighted by molar-refractivity contribution is 5.92. The van der Waals surface area contributed by atoms with Crippen LogP contribution in [0, 0.1) is 0 Å². The Morgan fingerprint density at radius 2 is 1.91 bits per heavy atom. The van der Waals surface area contributed by atoms with Crippen molar-refractivity contribution in [3.63, 3.8) is 0 Å². The highest BCUT2D eigenvalue weighted by Crippen LogP contribution is 2.47. The molecule has 0 spiro atoms. The number of benzene rings is 2. The van der Waals surface area contributed by atoms with E-state index >= 15 is 0 Å². The molecule has 2 aromatic rings. The van der Waals surface area contributed by atoms with Crippen molar-refractivity contribution in [3.8, 4) is 5.75 Å². The zero-order valence-electron chi connectivity index (χ0n) is 19.9. The summed E-state index contributed by atoms with van der Waals surface area (Å²) in [5.74, 6) is 0.504. The molecule has 0 saturated carbocycles. The van der Waals surface area contributed by atoms with Gasteiger partial charge >= 0.3 is 0 Å². The first-order valence-electron chi connectivity index (χ1n) is 11.7. The molecular formula is C26H33N3O5. The molecule has 1 saturated heterocycles. The van der Waals surface area contributed by atoms with Gasteiger partial charge in [-0.3, -0.25) is 9.59 Å². The lowest BCUT2D eigenvalue weighted by Gasteiger charge is -2.37. The first-order chi connectivity index (χ1) is 16.3. The maximum absolute atomic E-state index is 12.8. The van der Waals surface area contributed by atoms with Crippen LogP contribution >= 0.6 is 0 Å². The fraction of sp³-hybridized carbons (Fsp3) is 0.462. The second-order valence-electron chi connectivity index (χ2n) is 9.35. The molecular weight excluding hydrogens is 434 g/mol. The summed E-state index contributed by atoms with van der Waals surface area (Å²) >= 11 is 0. The SMILES string of the molecule is C[C@H](NC(=O)C[C@H]1C[C@@H]2c3cc(NC(=O)CN(C)C)ccc3O[C@@H]2[C@@H](CO)O1)c1ccccc1. The first-order valence-corrected chi connectivity index (χ1v) is 11.7. The van der Waals surface area contributed by atoms with E-state index in [-0.39, 0.29) is 49.0 Å². The molecule has 5 atom stereocenters. The van der Waals surface area contributed by atoms with Crippen LogP contribution < -0.4 is 15.4 Å². The van der Waals surface area contributed by atoms with Gasteiger partial charge in [0.1, 0.15) is 18.0 Å². The van der Waals surface area contributed by atoms with Crippen molar-refractivity contribution in [1.82, 2.24) is 10.2 Å². The number of aliphatic hydroxyl groups excluding tert-OH is 1. The molecule has 0 radical (unpaired) electrons. The number of fused-ring (bicyclic) bond motifs is 3. The Bertz CT molecular complexity index is 1010. The highest BCUT2D eigenvalue weighted by atomic mass is 16.6. The van der Waals surface area contributed by atoms with E-state index in [1.807, 2.05) is 69.6 Å². The van der Waals surface area contributed by atoms with Gasteiger partial charge in [-0.15, -0.1) is 0 Å². The molecule has 3 N–H and O–H groups in total. The van der Waals surface area contributed by atoms with Gasteiger partial charge in [-0.1, -0.05) is 30.3 Å². The number of carbonyl (C=O) groups excluding carboxylic acids is 2. The Morgan fingerprint density at radius 1 is 1.15 bits per heavy atom. The molecule has 2 heterocycles. The predicted molar refractivity (Wildman–Crippen MR) is 129 cm³/mol. The Hall–Kier alpha value is -2.94. The van der Waals surface area contributed by atoms with Crippen LogP contribution in [0.2, 0.25) is 0 Å². The molecule has 2 aliphatic heterocycles. The molecule has 8 nitrogen and oxygen atoms in total. The van der Waals surface area contributed by atoms with E-state index in [2.05, 4.69) is 10.6 Å². The Kier molecular flexibility index (Phi) is 7.50. The van der Waals surface area contributed by atoms with Crippen LogP contribution in [0.1, 0.15) is 42.9 Å². The van der Waals surface area contributed by atoms with Crippen molar-refractivity contribution in [1.29, 1.82) is 0 Å². The maximum atomic E-state index is 12.8. The normalized spacial score (nSPS) is 24.0. The van der Waals surface area contributed by atoms with Gasteiger partial charge in [-0.05, 0) is 51.2 Å². The molecule has 1 fully saturated rings. The zero-order chi connectivity index (χ0) is 24.2. The predicted octanol–water partition coefficient (Wildman–Crippen LogP) is 2.45. The summed E-state index contributed by atoms with van der Waals surface area (Å²) < 4.78 is 12.2. The Morgan fingerprint density at radius 3 is 2.62 bits per heavy atom. The number of nitrogens with zero attached hydrogens (tertiary/aromatic N) is 1.